The number of aromatic nitrogens is 1. The maximum Gasteiger partial charge on any atom is 0.304 e. The molecule has 1 amide bonds. The summed E-state index contributed by atoms with van der Waals surface area (Å²) < 4.78 is 5.08. The van der Waals surface area contributed by atoms with E-state index in [-0.39, 0.29) is 5.89 Å². The first kappa shape index (κ1) is 8.12. The molecule has 0 radical (unpaired) electrons. The summed E-state index contributed by atoms with van der Waals surface area (Å²) in [5, 5.41) is 0. The summed E-state index contributed by atoms with van der Waals surface area (Å²) in [7, 11) is 0. The van der Waals surface area contributed by atoms with Gasteiger partial charge in [0.05, 0.1) is 0 Å². The molecule has 2 aromatic rings. The summed E-state index contributed by atoms with van der Waals surface area (Å²) >= 11 is 4.16. The Morgan fingerprint density at radius 3 is 2.92 bits per heavy atom. The highest BCUT2D eigenvalue weighted by molar-refractivity contribution is 7.80. The van der Waals surface area contributed by atoms with Gasteiger partial charge in [0.1, 0.15) is 5.52 Å². The van der Waals surface area contributed by atoms with Gasteiger partial charge in [0, 0.05) is 4.90 Å². The number of para-hydroxylation sites is 1. The normalized spacial score (nSPS) is 10.5. The van der Waals surface area contributed by atoms with Crippen LogP contribution >= 0.6 is 12.6 Å². The smallest absolute Gasteiger partial charge is 0.304 e. The van der Waals surface area contributed by atoms with Gasteiger partial charge in [0.15, 0.2) is 5.58 Å². The largest absolute Gasteiger partial charge is 0.432 e. The van der Waals surface area contributed by atoms with Crippen LogP contribution in [0.2, 0.25) is 0 Å². The Labute approximate surface area is 79.1 Å². The van der Waals surface area contributed by atoms with Crippen LogP contribution in [0.5, 0.6) is 0 Å². The molecule has 4 nitrogen and oxygen atoms in total. The van der Waals surface area contributed by atoms with Gasteiger partial charge in [-0.1, -0.05) is 6.07 Å². The molecule has 0 aliphatic carbocycles. The van der Waals surface area contributed by atoms with Gasteiger partial charge in [0.2, 0.25) is 0 Å². The molecule has 1 aromatic heterocycles. The number of hydrogen-bond donors (Lipinski definition) is 2. The van der Waals surface area contributed by atoms with Crippen molar-refractivity contribution >= 4 is 29.6 Å². The number of nitrogens with zero attached hydrogens (tertiary/aromatic N) is 1. The second-order valence-corrected chi connectivity index (χ2v) is 2.99. The molecule has 0 saturated carbocycles. The lowest BCUT2D eigenvalue weighted by molar-refractivity contribution is 0.0969. The third-order valence-electron chi connectivity index (χ3n) is 1.61. The van der Waals surface area contributed by atoms with E-state index in [1.165, 1.54) is 0 Å². The van der Waals surface area contributed by atoms with Crippen molar-refractivity contribution in [2.45, 2.75) is 4.90 Å². The van der Waals surface area contributed by atoms with Crippen LogP contribution in [0.25, 0.3) is 11.1 Å². The fraction of sp³-hybridized carbons (Fsp3) is 0. The zero-order chi connectivity index (χ0) is 9.42. The summed E-state index contributed by atoms with van der Waals surface area (Å²) in [5.41, 5.74) is 6.08. The molecule has 0 spiro atoms. The molecular weight excluding hydrogens is 188 g/mol. The number of carbonyl (C=O) groups is 1. The summed E-state index contributed by atoms with van der Waals surface area (Å²) in [6, 6.07) is 5.23. The van der Waals surface area contributed by atoms with E-state index in [2.05, 4.69) is 17.6 Å². The van der Waals surface area contributed by atoms with Crippen LogP contribution in [0, 0.1) is 0 Å². The minimum Gasteiger partial charge on any atom is -0.432 e. The average molecular weight is 194 g/mol. The van der Waals surface area contributed by atoms with E-state index in [1.807, 2.05) is 0 Å². The molecule has 13 heavy (non-hydrogen) atoms. The van der Waals surface area contributed by atoms with Crippen LogP contribution < -0.4 is 5.73 Å². The number of nitrogens with two attached hydrogens (primary N) is 1. The van der Waals surface area contributed by atoms with Crippen molar-refractivity contribution in [2.75, 3.05) is 0 Å². The summed E-state index contributed by atoms with van der Waals surface area (Å²) in [5.74, 6) is -0.763. The van der Waals surface area contributed by atoms with Crippen LogP contribution in [0.3, 0.4) is 0 Å². The molecule has 0 aliphatic heterocycles. The van der Waals surface area contributed by atoms with Gasteiger partial charge in [-0.15, -0.1) is 12.6 Å². The average Bonchev–Trinajstić information content (AvgIpc) is 2.49. The Bertz CT molecular complexity index is 478. The molecule has 2 N–H and O–H groups in total. The number of amides is 1. The first-order chi connectivity index (χ1) is 6.18. The number of rotatable bonds is 1. The summed E-state index contributed by atoms with van der Waals surface area (Å²) in [6.45, 7) is 0. The molecule has 1 heterocycles. The van der Waals surface area contributed by atoms with Gasteiger partial charge in [-0.05, 0) is 12.1 Å². The summed E-state index contributed by atoms with van der Waals surface area (Å²) in [6.07, 6.45) is 0. The van der Waals surface area contributed by atoms with Crippen molar-refractivity contribution in [1.82, 2.24) is 4.98 Å². The first-order valence-electron chi connectivity index (χ1n) is 3.57. The Morgan fingerprint density at radius 2 is 2.31 bits per heavy atom. The second kappa shape index (κ2) is 2.77. The van der Waals surface area contributed by atoms with E-state index >= 15 is 0 Å². The Balaban J connectivity index is 2.75. The van der Waals surface area contributed by atoms with E-state index in [1.54, 1.807) is 18.2 Å². The third-order valence-corrected chi connectivity index (χ3v) is 1.97. The van der Waals surface area contributed by atoms with Crippen LogP contribution in [0.1, 0.15) is 10.7 Å². The zero-order valence-electron chi connectivity index (χ0n) is 6.52. The second-order valence-electron chi connectivity index (χ2n) is 2.51. The number of primary amides is 1. The molecule has 1 aromatic carbocycles. The van der Waals surface area contributed by atoms with Crippen LogP contribution in [0.15, 0.2) is 27.5 Å². The lowest BCUT2D eigenvalue weighted by Crippen LogP contribution is -2.10. The number of fused-ring (bicyclic) bond motifs is 1. The number of hydrogen-bond acceptors (Lipinski definition) is 4. The molecule has 0 bridgehead atoms. The number of oxazole rings is 1. The van der Waals surface area contributed by atoms with E-state index in [0.717, 1.165) is 0 Å². The SMILES string of the molecule is NC(=O)c1nc2c(S)cccc2o1. The van der Waals surface area contributed by atoms with Gasteiger partial charge in [-0.25, -0.2) is 4.98 Å². The first-order valence-corrected chi connectivity index (χ1v) is 4.01. The lowest BCUT2D eigenvalue weighted by Gasteiger charge is -1.87. The molecule has 0 saturated heterocycles. The molecule has 5 heteroatoms. The standard InChI is InChI=1S/C8H6N2O2S/c9-7(11)8-10-6-4(12-8)2-1-3-5(6)13/h1-3,13H,(H2,9,11). The highest BCUT2D eigenvalue weighted by atomic mass is 32.1. The van der Waals surface area contributed by atoms with Gasteiger partial charge >= 0.3 is 5.91 Å². The molecule has 0 aliphatic rings. The molecule has 0 fully saturated rings. The maximum atomic E-state index is 10.7. The quantitative estimate of drug-likeness (QED) is 0.670. The lowest BCUT2D eigenvalue weighted by atomic mass is 10.3. The monoisotopic (exact) mass is 194 g/mol. The number of carbonyl (C=O) groups excluding carboxylic acids is 1. The zero-order valence-corrected chi connectivity index (χ0v) is 7.41. The van der Waals surface area contributed by atoms with Gasteiger partial charge < -0.3 is 10.2 Å². The third kappa shape index (κ3) is 1.27. The molecule has 2 rings (SSSR count). The van der Waals surface area contributed by atoms with Crippen molar-refractivity contribution in [3.63, 3.8) is 0 Å². The van der Waals surface area contributed by atoms with Crippen molar-refractivity contribution in [1.29, 1.82) is 0 Å². The predicted octanol–water partition coefficient (Wildman–Crippen LogP) is 1.22. The van der Waals surface area contributed by atoms with Crippen molar-refractivity contribution in [3.05, 3.63) is 24.1 Å². The predicted molar refractivity (Wildman–Crippen MR) is 49.8 cm³/mol. The van der Waals surface area contributed by atoms with Gasteiger partial charge in [-0.3, -0.25) is 4.79 Å². The van der Waals surface area contributed by atoms with Crippen molar-refractivity contribution in [3.8, 4) is 0 Å². The number of thiol groups is 1. The van der Waals surface area contributed by atoms with Gasteiger partial charge in [0.25, 0.3) is 5.89 Å². The Kier molecular flexibility index (Phi) is 1.73. The Hall–Kier alpha value is -1.49. The van der Waals surface area contributed by atoms with E-state index in [9.17, 15) is 4.79 Å². The van der Waals surface area contributed by atoms with Gasteiger partial charge in [-0.2, -0.15) is 0 Å². The van der Waals surface area contributed by atoms with E-state index in [0.29, 0.717) is 16.0 Å². The Morgan fingerprint density at radius 1 is 1.54 bits per heavy atom. The highest BCUT2D eigenvalue weighted by Crippen LogP contribution is 2.21. The van der Waals surface area contributed by atoms with Crippen LogP contribution in [0.4, 0.5) is 0 Å². The maximum absolute atomic E-state index is 10.7. The molecule has 0 unspecified atom stereocenters. The molecular formula is C8H6N2O2S. The minimum atomic E-state index is -0.677. The number of benzene rings is 1. The fourth-order valence-electron chi connectivity index (χ4n) is 1.04. The van der Waals surface area contributed by atoms with Crippen LogP contribution in [-0.2, 0) is 0 Å². The minimum absolute atomic E-state index is 0.0866. The van der Waals surface area contributed by atoms with E-state index < -0.39 is 5.91 Å². The topological polar surface area (TPSA) is 69.1 Å². The summed E-state index contributed by atoms with van der Waals surface area (Å²) in [4.78, 5) is 15.3. The highest BCUT2D eigenvalue weighted by Gasteiger charge is 2.11. The van der Waals surface area contributed by atoms with Crippen LogP contribution in [-0.4, -0.2) is 10.9 Å². The van der Waals surface area contributed by atoms with E-state index in [4.69, 9.17) is 10.2 Å². The van der Waals surface area contributed by atoms with Crippen molar-refractivity contribution < 1.29 is 9.21 Å². The molecule has 0 atom stereocenters. The van der Waals surface area contributed by atoms with Crippen molar-refractivity contribution in [2.24, 2.45) is 5.73 Å². The fourth-order valence-corrected chi connectivity index (χ4v) is 1.29. The molecule has 66 valence electrons.